The molecular weight excluding hydrogens is 243 g/mol. The Bertz CT molecular complexity index is 647. The summed E-state index contributed by atoms with van der Waals surface area (Å²) in [5, 5.41) is 0. The first-order chi connectivity index (χ1) is 9.28. The van der Waals surface area contributed by atoms with Gasteiger partial charge in [-0.05, 0) is 35.9 Å². The van der Waals surface area contributed by atoms with Gasteiger partial charge in [0, 0.05) is 11.1 Å². The number of halogens is 1. The molecule has 0 saturated carbocycles. The Morgan fingerprint density at radius 2 is 2.05 bits per heavy atom. The number of fused-ring (bicyclic) bond motifs is 1. The van der Waals surface area contributed by atoms with E-state index in [2.05, 4.69) is 0 Å². The third-order valence-corrected chi connectivity index (χ3v) is 3.00. The smallest absolute Gasteiger partial charge is 0.158 e. The minimum Gasteiger partial charge on any atom is -0.497 e. The third kappa shape index (κ3) is 2.19. The Morgan fingerprint density at radius 1 is 1.16 bits per heavy atom. The highest BCUT2D eigenvalue weighted by Gasteiger charge is 2.15. The molecule has 0 aliphatic carbocycles. The van der Waals surface area contributed by atoms with Crippen LogP contribution in [0.2, 0.25) is 0 Å². The molecule has 0 fully saturated rings. The molecule has 1 aliphatic rings. The molecule has 0 saturated heterocycles. The van der Waals surface area contributed by atoms with Gasteiger partial charge in [-0.1, -0.05) is 18.2 Å². The highest BCUT2D eigenvalue weighted by atomic mass is 19.1. The van der Waals surface area contributed by atoms with E-state index in [0.717, 1.165) is 22.4 Å². The van der Waals surface area contributed by atoms with Crippen LogP contribution in [0.25, 0.3) is 17.2 Å². The minimum atomic E-state index is -0.285. The van der Waals surface area contributed by atoms with Crippen molar-refractivity contribution in [2.75, 3.05) is 7.11 Å². The number of benzene rings is 2. The van der Waals surface area contributed by atoms with Crippen molar-refractivity contribution >= 4 is 6.08 Å². The molecule has 3 heteroatoms. The zero-order valence-corrected chi connectivity index (χ0v) is 10.4. The standard InChI is InChI=1S/C16H12FO2/c1-18-14-6-2-4-11(9-14)15-10-13(17)8-12-5-3-7-19-16(12)15/h2-10H,1H3. The normalized spacial score (nSPS) is 12.7. The number of methoxy groups -OCH3 is 1. The van der Waals surface area contributed by atoms with Crippen molar-refractivity contribution in [3.8, 4) is 22.6 Å². The van der Waals surface area contributed by atoms with E-state index in [9.17, 15) is 4.39 Å². The molecule has 2 aromatic rings. The molecular formula is C16H12FO2. The van der Waals surface area contributed by atoms with E-state index in [1.165, 1.54) is 12.1 Å². The number of ether oxygens (including phenoxy) is 2. The van der Waals surface area contributed by atoms with Gasteiger partial charge in [0.05, 0.1) is 7.11 Å². The van der Waals surface area contributed by atoms with Crippen LogP contribution in [0.3, 0.4) is 0 Å². The van der Waals surface area contributed by atoms with Crippen LogP contribution in [-0.2, 0) is 0 Å². The average molecular weight is 255 g/mol. The van der Waals surface area contributed by atoms with Gasteiger partial charge in [0.2, 0.25) is 0 Å². The van der Waals surface area contributed by atoms with Crippen molar-refractivity contribution in [2.45, 2.75) is 0 Å². The van der Waals surface area contributed by atoms with Gasteiger partial charge < -0.3 is 9.47 Å². The van der Waals surface area contributed by atoms with Gasteiger partial charge in [0.1, 0.15) is 17.3 Å². The van der Waals surface area contributed by atoms with Crippen molar-refractivity contribution in [3.63, 3.8) is 0 Å². The SMILES string of the molecule is COc1cccc(-c2cc(F)cc3c2O[CH]C=C3)c1. The summed E-state index contributed by atoms with van der Waals surface area (Å²) in [5.41, 5.74) is 2.31. The fraction of sp³-hybridized carbons (Fsp3) is 0.0625. The Morgan fingerprint density at radius 3 is 2.89 bits per heavy atom. The summed E-state index contributed by atoms with van der Waals surface area (Å²) >= 11 is 0. The Hall–Kier alpha value is -2.29. The van der Waals surface area contributed by atoms with Crippen LogP contribution in [-0.4, -0.2) is 7.11 Å². The quantitative estimate of drug-likeness (QED) is 0.805. The van der Waals surface area contributed by atoms with E-state index in [4.69, 9.17) is 9.47 Å². The number of hydrogen-bond donors (Lipinski definition) is 0. The fourth-order valence-electron chi connectivity index (χ4n) is 2.13. The largest absolute Gasteiger partial charge is 0.497 e. The van der Waals surface area contributed by atoms with Crippen LogP contribution < -0.4 is 9.47 Å². The second-order valence-corrected chi connectivity index (χ2v) is 4.22. The zero-order chi connectivity index (χ0) is 13.2. The van der Waals surface area contributed by atoms with Gasteiger partial charge in [0.25, 0.3) is 0 Å². The van der Waals surface area contributed by atoms with Crippen molar-refractivity contribution in [1.82, 2.24) is 0 Å². The first-order valence-corrected chi connectivity index (χ1v) is 5.92. The van der Waals surface area contributed by atoms with Crippen LogP contribution in [0.1, 0.15) is 5.56 Å². The molecule has 3 rings (SSSR count). The lowest BCUT2D eigenvalue weighted by Gasteiger charge is -2.17. The number of rotatable bonds is 2. The van der Waals surface area contributed by atoms with E-state index < -0.39 is 0 Å². The van der Waals surface area contributed by atoms with Gasteiger partial charge in [-0.2, -0.15) is 0 Å². The van der Waals surface area contributed by atoms with Crippen LogP contribution in [0, 0.1) is 12.4 Å². The van der Waals surface area contributed by atoms with Crippen molar-refractivity contribution < 1.29 is 13.9 Å². The molecule has 2 nitrogen and oxygen atoms in total. The summed E-state index contributed by atoms with van der Waals surface area (Å²) in [6.07, 6.45) is 3.57. The maximum atomic E-state index is 13.7. The molecule has 1 aliphatic heterocycles. The molecule has 0 aromatic heterocycles. The molecule has 0 unspecified atom stereocenters. The molecule has 19 heavy (non-hydrogen) atoms. The molecule has 95 valence electrons. The molecule has 1 radical (unpaired) electrons. The van der Waals surface area contributed by atoms with Crippen molar-refractivity contribution in [3.05, 3.63) is 60.5 Å². The average Bonchev–Trinajstić information content (AvgIpc) is 2.46. The topological polar surface area (TPSA) is 18.5 Å². The van der Waals surface area contributed by atoms with E-state index in [-0.39, 0.29) is 5.82 Å². The summed E-state index contributed by atoms with van der Waals surface area (Å²) in [5.74, 6) is 1.11. The van der Waals surface area contributed by atoms with E-state index in [0.29, 0.717) is 5.75 Å². The highest BCUT2D eigenvalue weighted by Crippen LogP contribution is 2.38. The predicted octanol–water partition coefficient (Wildman–Crippen LogP) is 4.07. The first-order valence-electron chi connectivity index (χ1n) is 5.92. The second-order valence-electron chi connectivity index (χ2n) is 4.22. The minimum absolute atomic E-state index is 0.285. The van der Waals surface area contributed by atoms with Gasteiger partial charge in [-0.3, -0.25) is 0 Å². The summed E-state index contributed by atoms with van der Waals surface area (Å²) in [4.78, 5) is 0. The van der Waals surface area contributed by atoms with Gasteiger partial charge >= 0.3 is 0 Å². The van der Waals surface area contributed by atoms with Crippen LogP contribution >= 0.6 is 0 Å². The summed E-state index contributed by atoms with van der Waals surface area (Å²) in [6, 6.07) is 10.4. The van der Waals surface area contributed by atoms with Crippen molar-refractivity contribution in [1.29, 1.82) is 0 Å². The van der Waals surface area contributed by atoms with Gasteiger partial charge in [-0.25, -0.2) is 4.39 Å². The van der Waals surface area contributed by atoms with Crippen LogP contribution in [0.5, 0.6) is 11.5 Å². The lowest BCUT2D eigenvalue weighted by Crippen LogP contribution is -1.99. The number of hydrogen-bond acceptors (Lipinski definition) is 2. The van der Waals surface area contributed by atoms with Crippen LogP contribution in [0.15, 0.2) is 42.5 Å². The maximum Gasteiger partial charge on any atom is 0.158 e. The predicted molar refractivity (Wildman–Crippen MR) is 72.4 cm³/mol. The summed E-state index contributed by atoms with van der Waals surface area (Å²) in [7, 11) is 1.60. The van der Waals surface area contributed by atoms with E-state index >= 15 is 0 Å². The molecule has 0 N–H and O–H groups in total. The fourth-order valence-corrected chi connectivity index (χ4v) is 2.13. The van der Waals surface area contributed by atoms with Gasteiger partial charge in [-0.15, -0.1) is 0 Å². The molecule has 0 bridgehead atoms. The Kier molecular flexibility index (Phi) is 2.95. The Balaban J connectivity index is 2.19. The van der Waals surface area contributed by atoms with Gasteiger partial charge in [0.15, 0.2) is 6.61 Å². The molecule has 0 atom stereocenters. The molecule has 0 amide bonds. The zero-order valence-electron chi connectivity index (χ0n) is 10.4. The Labute approximate surface area is 111 Å². The molecule has 2 aromatic carbocycles. The lowest BCUT2D eigenvalue weighted by atomic mass is 9.99. The highest BCUT2D eigenvalue weighted by molar-refractivity contribution is 5.78. The van der Waals surface area contributed by atoms with E-state index in [1.807, 2.05) is 30.3 Å². The van der Waals surface area contributed by atoms with E-state index in [1.54, 1.807) is 19.8 Å². The maximum absolute atomic E-state index is 13.7. The van der Waals surface area contributed by atoms with Crippen LogP contribution in [0.4, 0.5) is 4.39 Å². The monoisotopic (exact) mass is 255 g/mol. The third-order valence-electron chi connectivity index (χ3n) is 3.00. The molecule has 0 spiro atoms. The second kappa shape index (κ2) is 4.76. The molecule has 1 heterocycles. The summed E-state index contributed by atoms with van der Waals surface area (Å²) < 4.78 is 24.4. The summed E-state index contributed by atoms with van der Waals surface area (Å²) in [6.45, 7) is 1.59. The lowest BCUT2D eigenvalue weighted by molar-refractivity contribution is 0.414. The van der Waals surface area contributed by atoms with Crippen molar-refractivity contribution in [2.24, 2.45) is 0 Å². The first kappa shape index (κ1) is 11.8.